The largest absolute Gasteiger partial charge is 0.223 e. The number of benzene rings is 2. The van der Waals surface area contributed by atoms with Crippen LogP contribution in [0.1, 0.15) is 0 Å². The van der Waals surface area contributed by atoms with Crippen LogP contribution in [0.25, 0.3) is 31.6 Å². The van der Waals surface area contributed by atoms with Crippen LogP contribution < -0.4 is 0 Å². The van der Waals surface area contributed by atoms with Crippen LogP contribution in [0.3, 0.4) is 0 Å². The van der Waals surface area contributed by atoms with E-state index in [2.05, 4.69) is 22.1 Å². The predicted octanol–water partition coefficient (Wildman–Crippen LogP) is 5.82. The molecule has 0 amide bonds. The van der Waals surface area contributed by atoms with Gasteiger partial charge in [-0.3, -0.25) is 0 Å². The van der Waals surface area contributed by atoms with Gasteiger partial charge in [-0.25, -0.2) is 9.97 Å². The molecule has 0 spiro atoms. The summed E-state index contributed by atoms with van der Waals surface area (Å²) in [4.78, 5) is 8.82. The molecule has 5 heteroatoms. The maximum absolute atomic E-state index is 6.12. The highest BCUT2D eigenvalue weighted by Crippen LogP contribution is 2.38. The van der Waals surface area contributed by atoms with Crippen molar-refractivity contribution in [2.75, 3.05) is 0 Å². The van der Waals surface area contributed by atoms with Gasteiger partial charge in [0.2, 0.25) is 5.28 Å². The maximum atomic E-state index is 6.12. The lowest BCUT2D eigenvalue weighted by molar-refractivity contribution is 1.24. The SMILES string of the molecule is Clc1cccc(-c2nc(Cl)nc3c2sc2ccccc23)c1. The van der Waals surface area contributed by atoms with Gasteiger partial charge in [0.15, 0.2) is 0 Å². The molecule has 0 aliphatic rings. The predicted molar refractivity (Wildman–Crippen MR) is 90.4 cm³/mol. The summed E-state index contributed by atoms with van der Waals surface area (Å²) in [5, 5.41) is 2.03. The van der Waals surface area contributed by atoms with Crippen LogP contribution in [0.2, 0.25) is 10.3 Å². The maximum Gasteiger partial charge on any atom is 0.223 e. The van der Waals surface area contributed by atoms with Crippen molar-refractivity contribution in [1.29, 1.82) is 0 Å². The zero-order chi connectivity index (χ0) is 14.4. The molecular formula is C16H8Cl2N2S. The average molecular weight is 331 g/mol. The molecule has 0 radical (unpaired) electrons. The Balaban J connectivity index is 2.13. The lowest BCUT2D eigenvalue weighted by Crippen LogP contribution is -1.88. The highest BCUT2D eigenvalue weighted by molar-refractivity contribution is 7.26. The Morgan fingerprint density at radius 3 is 2.62 bits per heavy atom. The highest BCUT2D eigenvalue weighted by Gasteiger charge is 2.14. The van der Waals surface area contributed by atoms with Gasteiger partial charge in [-0.1, -0.05) is 41.9 Å². The fraction of sp³-hybridized carbons (Fsp3) is 0. The fourth-order valence-electron chi connectivity index (χ4n) is 2.40. The molecule has 0 unspecified atom stereocenters. The molecule has 0 saturated carbocycles. The summed E-state index contributed by atoms with van der Waals surface area (Å²) in [6.07, 6.45) is 0. The van der Waals surface area contributed by atoms with Gasteiger partial charge in [-0.2, -0.15) is 0 Å². The standard InChI is InChI=1S/C16H8Cl2N2S/c17-10-5-3-4-9(8-10)13-15-14(20-16(18)19-13)11-6-1-2-7-12(11)21-15/h1-8H. The van der Waals surface area contributed by atoms with E-state index >= 15 is 0 Å². The third-order valence-electron chi connectivity index (χ3n) is 3.29. The third-order valence-corrected chi connectivity index (χ3v) is 4.86. The monoisotopic (exact) mass is 330 g/mol. The van der Waals surface area contributed by atoms with E-state index in [9.17, 15) is 0 Å². The summed E-state index contributed by atoms with van der Waals surface area (Å²) in [6.45, 7) is 0. The highest BCUT2D eigenvalue weighted by atomic mass is 35.5. The van der Waals surface area contributed by atoms with Crippen molar-refractivity contribution in [2.24, 2.45) is 0 Å². The minimum absolute atomic E-state index is 0.251. The lowest BCUT2D eigenvalue weighted by Gasteiger charge is -2.03. The molecule has 2 aromatic carbocycles. The lowest BCUT2D eigenvalue weighted by atomic mass is 10.1. The van der Waals surface area contributed by atoms with E-state index in [0.717, 1.165) is 26.9 Å². The smallest absolute Gasteiger partial charge is 0.216 e. The van der Waals surface area contributed by atoms with Crippen molar-refractivity contribution in [2.45, 2.75) is 0 Å². The van der Waals surface area contributed by atoms with Gasteiger partial charge < -0.3 is 0 Å². The van der Waals surface area contributed by atoms with Crippen LogP contribution in [0.5, 0.6) is 0 Å². The van der Waals surface area contributed by atoms with Crippen LogP contribution in [0.4, 0.5) is 0 Å². The summed E-state index contributed by atoms with van der Waals surface area (Å²) in [7, 11) is 0. The summed E-state index contributed by atoms with van der Waals surface area (Å²) >= 11 is 13.9. The number of aromatic nitrogens is 2. The van der Waals surface area contributed by atoms with E-state index in [1.165, 1.54) is 4.70 Å². The first-order valence-corrected chi connectivity index (χ1v) is 7.90. The van der Waals surface area contributed by atoms with E-state index in [0.29, 0.717) is 5.02 Å². The molecule has 0 N–H and O–H groups in total. The Labute approximate surface area is 135 Å². The number of hydrogen-bond acceptors (Lipinski definition) is 3. The van der Waals surface area contributed by atoms with Gasteiger partial charge in [-0.15, -0.1) is 11.3 Å². The topological polar surface area (TPSA) is 25.8 Å². The Hall–Kier alpha value is -1.68. The second-order valence-electron chi connectivity index (χ2n) is 4.63. The van der Waals surface area contributed by atoms with Gasteiger partial charge in [0.05, 0.1) is 15.9 Å². The molecule has 4 rings (SSSR count). The van der Waals surface area contributed by atoms with Crippen LogP contribution >= 0.6 is 34.5 Å². The molecular weight excluding hydrogens is 323 g/mol. The van der Waals surface area contributed by atoms with Gasteiger partial charge >= 0.3 is 0 Å². The van der Waals surface area contributed by atoms with Gasteiger partial charge in [-0.05, 0) is 29.8 Å². The molecule has 0 atom stereocenters. The quantitative estimate of drug-likeness (QED) is 0.411. The Kier molecular flexibility index (Phi) is 3.07. The first kappa shape index (κ1) is 13.0. The van der Waals surface area contributed by atoms with Crippen molar-refractivity contribution in [3.63, 3.8) is 0 Å². The normalized spacial score (nSPS) is 11.3. The van der Waals surface area contributed by atoms with Crippen LogP contribution in [-0.2, 0) is 0 Å². The van der Waals surface area contributed by atoms with Crippen molar-refractivity contribution in [1.82, 2.24) is 9.97 Å². The zero-order valence-electron chi connectivity index (χ0n) is 10.7. The zero-order valence-corrected chi connectivity index (χ0v) is 13.0. The Bertz CT molecular complexity index is 979. The van der Waals surface area contributed by atoms with E-state index in [1.54, 1.807) is 11.3 Å². The molecule has 0 fully saturated rings. The molecule has 0 saturated heterocycles. The van der Waals surface area contributed by atoms with Crippen molar-refractivity contribution < 1.29 is 0 Å². The average Bonchev–Trinajstić information content (AvgIpc) is 2.85. The first-order valence-electron chi connectivity index (χ1n) is 6.33. The Morgan fingerprint density at radius 2 is 1.76 bits per heavy atom. The summed E-state index contributed by atoms with van der Waals surface area (Å²) in [5.41, 5.74) is 2.67. The van der Waals surface area contributed by atoms with Crippen LogP contribution in [-0.4, -0.2) is 9.97 Å². The number of halogens is 2. The molecule has 21 heavy (non-hydrogen) atoms. The number of thiophene rings is 1. The minimum atomic E-state index is 0.251. The van der Waals surface area contributed by atoms with E-state index in [-0.39, 0.29) is 5.28 Å². The van der Waals surface area contributed by atoms with Crippen molar-refractivity contribution in [3.05, 3.63) is 58.8 Å². The number of hydrogen-bond donors (Lipinski definition) is 0. The molecule has 0 aliphatic carbocycles. The van der Waals surface area contributed by atoms with Gasteiger partial charge in [0.25, 0.3) is 0 Å². The number of nitrogens with zero attached hydrogens (tertiary/aromatic N) is 2. The summed E-state index contributed by atoms with van der Waals surface area (Å²) in [6, 6.07) is 15.8. The van der Waals surface area contributed by atoms with Crippen LogP contribution in [0.15, 0.2) is 48.5 Å². The molecule has 2 heterocycles. The molecule has 0 aliphatic heterocycles. The molecule has 4 aromatic rings. The third kappa shape index (κ3) is 2.18. The summed E-state index contributed by atoms with van der Waals surface area (Å²) < 4.78 is 2.20. The second-order valence-corrected chi connectivity index (χ2v) is 6.45. The fourth-order valence-corrected chi connectivity index (χ4v) is 3.91. The van der Waals surface area contributed by atoms with E-state index in [4.69, 9.17) is 23.2 Å². The second kappa shape index (κ2) is 4.95. The van der Waals surface area contributed by atoms with E-state index in [1.807, 2.05) is 36.4 Å². The molecule has 0 bridgehead atoms. The van der Waals surface area contributed by atoms with Crippen molar-refractivity contribution >= 4 is 54.8 Å². The van der Waals surface area contributed by atoms with Crippen molar-refractivity contribution in [3.8, 4) is 11.3 Å². The molecule has 2 nitrogen and oxygen atoms in total. The van der Waals surface area contributed by atoms with E-state index < -0.39 is 0 Å². The molecule has 2 aromatic heterocycles. The van der Waals surface area contributed by atoms with Gasteiger partial charge in [0.1, 0.15) is 0 Å². The van der Waals surface area contributed by atoms with Crippen LogP contribution in [0, 0.1) is 0 Å². The summed E-state index contributed by atoms with van der Waals surface area (Å²) in [5.74, 6) is 0. The number of rotatable bonds is 1. The first-order chi connectivity index (χ1) is 10.2. The Morgan fingerprint density at radius 1 is 0.905 bits per heavy atom. The minimum Gasteiger partial charge on any atom is -0.216 e. The molecule has 102 valence electrons. The number of fused-ring (bicyclic) bond motifs is 3. The van der Waals surface area contributed by atoms with Gasteiger partial charge in [0, 0.05) is 20.7 Å².